The van der Waals surface area contributed by atoms with E-state index in [-0.39, 0.29) is 11.7 Å². The van der Waals surface area contributed by atoms with Gasteiger partial charge in [0, 0.05) is 30.9 Å². The minimum absolute atomic E-state index is 0.278. The van der Waals surface area contributed by atoms with Gasteiger partial charge in [0.1, 0.15) is 5.82 Å². The minimum Gasteiger partial charge on any atom is -0.465 e. The number of carbonyl (C=O) groups is 2. The van der Waals surface area contributed by atoms with Crippen LogP contribution in [0.2, 0.25) is 0 Å². The van der Waals surface area contributed by atoms with Gasteiger partial charge in [-0.1, -0.05) is 0 Å². The monoisotopic (exact) mass is 301 g/mol. The van der Waals surface area contributed by atoms with Crippen LogP contribution < -0.4 is 10.6 Å². The van der Waals surface area contributed by atoms with E-state index < -0.39 is 6.09 Å². The first-order valence-corrected chi connectivity index (χ1v) is 6.86. The topological polar surface area (TPSA) is 109 Å². The third-order valence-corrected chi connectivity index (χ3v) is 3.25. The first kappa shape index (κ1) is 14.1. The van der Waals surface area contributed by atoms with Gasteiger partial charge in [0.15, 0.2) is 0 Å². The molecule has 0 bridgehead atoms. The molecule has 8 nitrogen and oxygen atoms in total. The second-order valence-corrected chi connectivity index (χ2v) is 5.14. The molecule has 3 N–H and O–H groups in total. The highest BCUT2D eigenvalue weighted by molar-refractivity contribution is 5.93. The first-order valence-electron chi connectivity index (χ1n) is 6.86. The molecule has 2 aromatic heterocycles. The molecule has 1 aliphatic rings. The van der Waals surface area contributed by atoms with Crippen molar-refractivity contribution in [2.24, 2.45) is 0 Å². The number of nitrogens with one attached hydrogen (secondary N) is 2. The number of carboxylic acid groups (broad SMARTS) is 1. The van der Waals surface area contributed by atoms with Gasteiger partial charge in [-0.05, 0) is 18.9 Å². The Kier molecular flexibility index (Phi) is 3.50. The summed E-state index contributed by atoms with van der Waals surface area (Å²) < 4.78 is 1.88. The van der Waals surface area contributed by atoms with Crippen LogP contribution in [-0.2, 0) is 4.79 Å². The van der Waals surface area contributed by atoms with E-state index >= 15 is 0 Å². The van der Waals surface area contributed by atoms with Crippen molar-refractivity contribution < 1.29 is 14.7 Å². The first-order chi connectivity index (χ1) is 10.5. The number of pyridine rings is 1. The van der Waals surface area contributed by atoms with E-state index in [9.17, 15) is 9.59 Å². The van der Waals surface area contributed by atoms with Gasteiger partial charge >= 0.3 is 6.09 Å². The van der Waals surface area contributed by atoms with Gasteiger partial charge in [-0.2, -0.15) is 5.10 Å². The van der Waals surface area contributed by atoms with E-state index in [1.165, 1.54) is 19.2 Å². The smallest absolute Gasteiger partial charge is 0.409 e. The van der Waals surface area contributed by atoms with Crippen LogP contribution in [0, 0.1) is 0 Å². The number of hydrogen-bond donors (Lipinski definition) is 3. The van der Waals surface area contributed by atoms with E-state index in [1.807, 2.05) is 16.9 Å². The SMILES string of the molecule is CC(=O)Nc1cc(NC(=O)O)c(-c2ccn(C3CC3)n2)cn1. The minimum atomic E-state index is -1.19. The predicted octanol–water partition coefficient (Wildman–Crippen LogP) is 2.33. The molecule has 1 fully saturated rings. The quantitative estimate of drug-likeness (QED) is 0.803. The van der Waals surface area contributed by atoms with Crippen molar-refractivity contribution in [3.8, 4) is 11.3 Å². The largest absolute Gasteiger partial charge is 0.465 e. The second-order valence-electron chi connectivity index (χ2n) is 5.14. The number of hydrogen-bond acceptors (Lipinski definition) is 4. The summed E-state index contributed by atoms with van der Waals surface area (Å²) in [6, 6.07) is 3.73. The molecule has 0 unspecified atom stereocenters. The van der Waals surface area contributed by atoms with Crippen LogP contribution in [0.25, 0.3) is 11.3 Å². The summed E-state index contributed by atoms with van der Waals surface area (Å²) >= 11 is 0. The van der Waals surface area contributed by atoms with Crippen LogP contribution in [0.1, 0.15) is 25.8 Å². The molecule has 1 aliphatic carbocycles. The fourth-order valence-corrected chi connectivity index (χ4v) is 2.15. The lowest BCUT2D eigenvalue weighted by atomic mass is 10.1. The highest BCUT2D eigenvalue weighted by Crippen LogP contribution is 2.36. The molecule has 22 heavy (non-hydrogen) atoms. The number of aromatic nitrogens is 3. The Morgan fingerprint density at radius 2 is 2.14 bits per heavy atom. The maximum atomic E-state index is 11.1. The van der Waals surface area contributed by atoms with E-state index in [0.29, 0.717) is 23.0 Å². The average molecular weight is 301 g/mol. The molecule has 3 rings (SSSR count). The normalized spacial score (nSPS) is 13.7. The molecule has 8 heteroatoms. The second kappa shape index (κ2) is 5.47. The molecular formula is C14H15N5O3. The Balaban J connectivity index is 1.96. The lowest BCUT2D eigenvalue weighted by molar-refractivity contribution is -0.114. The Morgan fingerprint density at radius 3 is 2.77 bits per heavy atom. The number of amides is 2. The van der Waals surface area contributed by atoms with Gasteiger partial charge in [-0.3, -0.25) is 14.8 Å². The molecule has 0 radical (unpaired) electrons. The van der Waals surface area contributed by atoms with E-state index in [4.69, 9.17) is 5.11 Å². The summed E-state index contributed by atoms with van der Waals surface area (Å²) in [6.07, 6.45) is 4.40. The predicted molar refractivity (Wildman–Crippen MR) is 79.7 cm³/mol. The van der Waals surface area contributed by atoms with Gasteiger partial charge in [-0.15, -0.1) is 0 Å². The molecule has 0 saturated heterocycles. The van der Waals surface area contributed by atoms with Crippen LogP contribution in [0.15, 0.2) is 24.5 Å². The molecule has 0 atom stereocenters. The molecule has 114 valence electrons. The van der Waals surface area contributed by atoms with Gasteiger partial charge in [0.2, 0.25) is 5.91 Å². The maximum absolute atomic E-state index is 11.1. The third kappa shape index (κ3) is 3.05. The Hall–Kier alpha value is -2.90. The number of nitrogens with zero attached hydrogens (tertiary/aromatic N) is 3. The van der Waals surface area contributed by atoms with E-state index in [2.05, 4.69) is 20.7 Å². The van der Waals surface area contributed by atoms with Crippen LogP contribution in [0.4, 0.5) is 16.3 Å². The average Bonchev–Trinajstić information content (AvgIpc) is 3.16. The summed E-state index contributed by atoms with van der Waals surface area (Å²) in [4.78, 5) is 26.2. The van der Waals surface area contributed by atoms with Gasteiger partial charge in [-0.25, -0.2) is 9.78 Å². The van der Waals surface area contributed by atoms with Crippen molar-refractivity contribution in [2.45, 2.75) is 25.8 Å². The molecule has 0 aromatic carbocycles. The number of anilines is 2. The Labute approximate surface area is 126 Å². The fraction of sp³-hybridized carbons (Fsp3) is 0.286. The molecule has 0 aliphatic heterocycles. The van der Waals surface area contributed by atoms with Crippen LogP contribution in [0.5, 0.6) is 0 Å². The summed E-state index contributed by atoms with van der Waals surface area (Å²) in [7, 11) is 0. The van der Waals surface area contributed by atoms with E-state index in [0.717, 1.165) is 12.8 Å². The summed E-state index contributed by atoms with van der Waals surface area (Å²) in [6.45, 7) is 1.36. The van der Waals surface area contributed by atoms with Crippen molar-refractivity contribution in [1.82, 2.24) is 14.8 Å². The molecule has 2 heterocycles. The highest BCUT2D eigenvalue weighted by atomic mass is 16.4. The zero-order chi connectivity index (χ0) is 15.7. The highest BCUT2D eigenvalue weighted by Gasteiger charge is 2.24. The number of carbonyl (C=O) groups excluding carboxylic acids is 1. The van der Waals surface area contributed by atoms with Gasteiger partial charge < -0.3 is 10.4 Å². The summed E-state index contributed by atoms with van der Waals surface area (Å²) in [5.74, 6) is 0.00108. The fourth-order valence-electron chi connectivity index (χ4n) is 2.15. The molecule has 2 amide bonds. The maximum Gasteiger partial charge on any atom is 0.409 e. The van der Waals surface area contributed by atoms with Crippen LogP contribution in [-0.4, -0.2) is 31.9 Å². The Bertz CT molecular complexity index is 736. The molecule has 0 spiro atoms. The van der Waals surface area contributed by atoms with Crippen molar-refractivity contribution >= 4 is 23.5 Å². The lowest BCUT2D eigenvalue weighted by Crippen LogP contribution is -2.11. The van der Waals surface area contributed by atoms with Crippen molar-refractivity contribution in [2.75, 3.05) is 10.6 Å². The Morgan fingerprint density at radius 1 is 1.36 bits per heavy atom. The van der Waals surface area contributed by atoms with Crippen molar-refractivity contribution in [3.05, 3.63) is 24.5 Å². The lowest BCUT2D eigenvalue weighted by Gasteiger charge is -2.09. The zero-order valence-corrected chi connectivity index (χ0v) is 11.9. The van der Waals surface area contributed by atoms with Gasteiger partial charge in [0.05, 0.1) is 17.4 Å². The zero-order valence-electron chi connectivity index (χ0n) is 11.9. The molecule has 1 saturated carbocycles. The van der Waals surface area contributed by atoms with Gasteiger partial charge in [0.25, 0.3) is 0 Å². The van der Waals surface area contributed by atoms with Crippen molar-refractivity contribution in [3.63, 3.8) is 0 Å². The summed E-state index contributed by atoms with van der Waals surface area (Å²) in [5.41, 5.74) is 1.53. The molecule has 2 aromatic rings. The standard InChI is InChI=1S/C14H15N5O3/c1-8(20)16-13-6-12(17-14(21)22)10(7-15-13)11-4-5-19(18-11)9-2-3-9/h4-7,9H,2-3H2,1H3,(H,21,22)(H2,15,16,17,20). The third-order valence-electron chi connectivity index (χ3n) is 3.25. The van der Waals surface area contributed by atoms with E-state index in [1.54, 1.807) is 0 Å². The van der Waals surface area contributed by atoms with Crippen LogP contribution >= 0.6 is 0 Å². The van der Waals surface area contributed by atoms with Crippen molar-refractivity contribution in [1.29, 1.82) is 0 Å². The number of rotatable bonds is 4. The molecular weight excluding hydrogens is 286 g/mol. The summed E-state index contributed by atoms with van der Waals surface area (Å²) in [5, 5.41) is 18.3. The van der Waals surface area contributed by atoms with Crippen LogP contribution in [0.3, 0.4) is 0 Å².